The Morgan fingerprint density at radius 1 is 1.42 bits per heavy atom. The average Bonchev–Trinajstić information content (AvgIpc) is 2.89. The van der Waals surface area contributed by atoms with Crippen molar-refractivity contribution in [3.8, 4) is 0 Å². The highest BCUT2D eigenvalue weighted by Crippen LogP contribution is 2.14. The molecule has 0 bridgehead atoms. The quantitative estimate of drug-likeness (QED) is 0.661. The molecule has 0 aromatic carbocycles. The summed E-state index contributed by atoms with van der Waals surface area (Å²) < 4.78 is 7.26. The lowest BCUT2D eigenvalue weighted by Gasteiger charge is -2.24. The van der Waals surface area contributed by atoms with Gasteiger partial charge in [0.05, 0.1) is 0 Å². The predicted molar refractivity (Wildman–Crippen MR) is 79.7 cm³/mol. The molecule has 0 aliphatic heterocycles. The van der Waals surface area contributed by atoms with Crippen molar-refractivity contribution in [2.45, 2.75) is 33.2 Å². The number of hydrogen-bond acceptors (Lipinski definition) is 4. The van der Waals surface area contributed by atoms with Crippen molar-refractivity contribution in [1.82, 2.24) is 14.5 Å². The second-order valence-electron chi connectivity index (χ2n) is 4.77. The van der Waals surface area contributed by atoms with Gasteiger partial charge in [-0.3, -0.25) is 0 Å². The fourth-order valence-corrected chi connectivity index (χ4v) is 2.17. The summed E-state index contributed by atoms with van der Waals surface area (Å²) in [5.74, 6) is 0.954. The van der Waals surface area contributed by atoms with Gasteiger partial charge in [0.2, 0.25) is 5.95 Å². The van der Waals surface area contributed by atoms with E-state index in [4.69, 9.17) is 4.74 Å². The zero-order valence-electron chi connectivity index (χ0n) is 12.7. The van der Waals surface area contributed by atoms with Crippen molar-refractivity contribution >= 4 is 5.95 Å². The van der Waals surface area contributed by atoms with Crippen LogP contribution in [0.4, 0.5) is 5.95 Å². The number of ether oxygens (including phenoxy) is 1. The van der Waals surface area contributed by atoms with Crippen molar-refractivity contribution in [3.05, 3.63) is 12.4 Å². The van der Waals surface area contributed by atoms with Gasteiger partial charge in [-0.05, 0) is 26.4 Å². The van der Waals surface area contributed by atoms with Crippen LogP contribution in [-0.2, 0) is 4.74 Å². The number of nitrogens with one attached hydrogen (secondary N) is 1. The molecule has 5 nitrogen and oxygen atoms in total. The van der Waals surface area contributed by atoms with Crippen molar-refractivity contribution in [1.29, 1.82) is 0 Å². The molecule has 110 valence electrons. The second kappa shape index (κ2) is 8.93. The molecule has 5 heteroatoms. The lowest BCUT2D eigenvalue weighted by Crippen LogP contribution is -2.29. The molecule has 1 rings (SSSR count). The number of likely N-dealkylation sites (N-methyl/N-ethyl adjacent to an activating group) is 1. The van der Waals surface area contributed by atoms with Gasteiger partial charge >= 0.3 is 0 Å². The third kappa shape index (κ3) is 5.20. The van der Waals surface area contributed by atoms with Crippen LogP contribution in [0.1, 0.15) is 33.2 Å². The van der Waals surface area contributed by atoms with E-state index in [0.717, 1.165) is 45.2 Å². The summed E-state index contributed by atoms with van der Waals surface area (Å²) >= 11 is 0. The SMILES string of the molecule is CCN(CC)CC(C)n1ccnc1NCCCOC. The zero-order valence-corrected chi connectivity index (χ0v) is 12.7. The standard InChI is InChI=1S/C14H28N4O/c1-5-17(6-2)12-13(3)18-10-9-16-14(18)15-8-7-11-19-4/h9-10,13H,5-8,11-12H2,1-4H3,(H,15,16). The van der Waals surface area contributed by atoms with Crippen LogP contribution in [0.15, 0.2) is 12.4 Å². The Kier molecular flexibility index (Phi) is 7.52. The van der Waals surface area contributed by atoms with E-state index in [2.05, 4.69) is 40.5 Å². The first-order valence-corrected chi connectivity index (χ1v) is 7.20. The number of anilines is 1. The van der Waals surface area contributed by atoms with E-state index in [0.29, 0.717) is 6.04 Å². The lowest BCUT2D eigenvalue weighted by molar-refractivity contribution is 0.197. The average molecular weight is 268 g/mol. The minimum absolute atomic E-state index is 0.423. The molecule has 0 spiro atoms. The first kappa shape index (κ1) is 16.0. The molecule has 0 radical (unpaired) electrons. The minimum atomic E-state index is 0.423. The Morgan fingerprint density at radius 2 is 2.16 bits per heavy atom. The Bertz CT molecular complexity index is 336. The molecule has 0 amide bonds. The van der Waals surface area contributed by atoms with Crippen LogP contribution in [-0.4, -0.2) is 54.3 Å². The number of hydrogen-bond donors (Lipinski definition) is 1. The zero-order chi connectivity index (χ0) is 14.1. The molecule has 0 aliphatic carbocycles. The van der Waals surface area contributed by atoms with Crippen molar-refractivity contribution < 1.29 is 4.74 Å². The van der Waals surface area contributed by atoms with Gasteiger partial charge in [-0.2, -0.15) is 0 Å². The van der Waals surface area contributed by atoms with Crippen LogP contribution in [0.2, 0.25) is 0 Å². The molecule has 1 heterocycles. The van der Waals surface area contributed by atoms with Crippen molar-refractivity contribution in [2.24, 2.45) is 0 Å². The van der Waals surface area contributed by atoms with Crippen LogP contribution in [0.5, 0.6) is 0 Å². The maximum Gasteiger partial charge on any atom is 0.203 e. The number of methoxy groups -OCH3 is 1. The number of nitrogens with zero attached hydrogens (tertiary/aromatic N) is 3. The van der Waals surface area contributed by atoms with Crippen LogP contribution in [0, 0.1) is 0 Å². The molecule has 0 fully saturated rings. The van der Waals surface area contributed by atoms with E-state index in [-0.39, 0.29) is 0 Å². The maximum absolute atomic E-state index is 5.05. The van der Waals surface area contributed by atoms with Gasteiger partial charge in [-0.15, -0.1) is 0 Å². The molecule has 1 aromatic rings. The van der Waals surface area contributed by atoms with Crippen molar-refractivity contribution in [3.63, 3.8) is 0 Å². The van der Waals surface area contributed by atoms with Gasteiger partial charge in [0.25, 0.3) is 0 Å². The number of imidazole rings is 1. The molecular weight excluding hydrogens is 240 g/mol. The van der Waals surface area contributed by atoms with Gasteiger partial charge in [0, 0.05) is 45.2 Å². The summed E-state index contributed by atoms with van der Waals surface area (Å²) in [7, 11) is 1.73. The van der Waals surface area contributed by atoms with E-state index in [1.807, 2.05) is 12.4 Å². The molecular formula is C14H28N4O. The summed E-state index contributed by atoms with van der Waals surface area (Å²) in [4.78, 5) is 6.82. The predicted octanol–water partition coefficient (Wildman–Crippen LogP) is 2.23. The first-order chi connectivity index (χ1) is 9.22. The molecule has 1 aromatic heterocycles. The van der Waals surface area contributed by atoms with Crippen molar-refractivity contribution in [2.75, 3.05) is 45.2 Å². The Hall–Kier alpha value is -1.07. The summed E-state index contributed by atoms with van der Waals surface area (Å²) in [5, 5.41) is 3.37. The molecule has 1 N–H and O–H groups in total. The summed E-state index contributed by atoms with van der Waals surface area (Å²) in [6.07, 6.45) is 4.90. The van der Waals surface area contributed by atoms with E-state index < -0.39 is 0 Å². The molecule has 19 heavy (non-hydrogen) atoms. The smallest absolute Gasteiger partial charge is 0.203 e. The van der Waals surface area contributed by atoms with Crippen LogP contribution < -0.4 is 5.32 Å². The lowest BCUT2D eigenvalue weighted by atomic mass is 10.3. The largest absolute Gasteiger partial charge is 0.385 e. The molecule has 0 aliphatic rings. The summed E-state index contributed by atoms with van der Waals surface area (Å²) in [5.41, 5.74) is 0. The van der Waals surface area contributed by atoms with Gasteiger partial charge in [-0.1, -0.05) is 13.8 Å². The Morgan fingerprint density at radius 3 is 2.79 bits per heavy atom. The number of aromatic nitrogens is 2. The van der Waals surface area contributed by atoms with Crippen LogP contribution >= 0.6 is 0 Å². The van der Waals surface area contributed by atoms with E-state index >= 15 is 0 Å². The minimum Gasteiger partial charge on any atom is -0.385 e. The highest BCUT2D eigenvalue weighted by atomic mass is 16.5. The first-order valence-electron chi connectivity index (χ1n) is 7.20. The third-order valence-corrected chi connectivity index (χ3v) is 3.37. The summed E-state index contributed by atoms with van der Waals surface area (Å²) in [6.45, 7) is 11.5. The van der Waals surface area contributed by atoms with Gasteiger partial charge in [0.15, 0.2) is 0 Å². The number of rotatable bonds is 10. The normalized spacial score (nSPS) is 12.9. The van der Waals surface area contributed by atoms with Crippen LogP contribution in [0.3, 0.4) is 0 Å². The van der Waals surface area contributed by atoms with Gasteiger partial charge in [-0.25, -0.2) is 4.98 Å². The third-order valence-electron chi connectivity index (χ3n) is 3.37. The monoisotopic (exact) mass is 268 g/mol. The Balaban J connectivity index is 2.50. The highest BCUT2D eigenvalue weighted by Gasteiger charge is 2.12. The second-order valence-corrected chi connectivity index (χ2v) is 4.77. The summed E-state index contributed by atoms with van der Waals surface area (Å²) in [6, 6.07) is 0.423. The van der Waals surface area contributed by atoms with Gasteiger partial charge < -0.3 is 19.5 Å². The topological polar surface area (TPSA) is 42.3 Å². The molecule has 0 saturated carbocycles. The maximum atomic E-state index is 5.05. The van der Waals surface area contributed by atoms with Crippen LogP contribution in [0.25, 0.3) is 0 Å². The van der Waals surface area contributed by atoms with E-state index in [9.17, 15) is 0 Å². The molecule has 1 unspecified atom stereocenters. The van der Waals surface area contributed by atoms with E-state index in [1.165, 1.54) is 0 Å². The van der Waals surface area contributed by atoms with E-state index in [1.54, 1.807) is 7.11 Å². The fourth-order valence-electron chi connectivity index (χ4n) is 2.17. The Labute approximate surface area is 117 Å². The fraction of sp³-hybridized carbons (Fsp3) is 0.786. The molecule has 0 saturated heterocycles. The molecule has 1 atom stereocenters. The van der Waals surface area contributed by atoms with Gasteiger partial charge in [0.1, 0.15) is 0 Å². The highest BCUT2D eigenvalue weighted by molar-refractivity contribution is 5.26.